The highest BCUT2D eigenvalue weighted by atomic mass is 35.5. The molecule has 1 unspecified atom stereocenters. The molecular formula is C19H31ClN2O2. The number of halogens is 1. The maximum absolute atomic E-state index is 12.0. The van der Waals surface area contributed by atoms with E-state index < -0.39 is 0 Å². The second kappa shape index (κ2) is 11.3. The van der Waals surface area contributed by atoms with Crippen molar-refractivity contribution in [1.82, 2.24) is 10.6 Å². The molecule has 0 radical (unpaired) electrons. The normalized spacial score (nSPS) is 17.2. The van der Waals surface area contributed by atoms with Crippen LogP contribution < -0.4 is 15.4 Å². The minimum atomic E-state index is 0. The van der Waals surface area contributed by atoms with E-state index in [1.165, 1.54) is 12.8 Å². The third-order valence-electron chi connectivity index (χ3n) is 4.15. The van der Waals surface area contributed by atoms with Gasteiger partial charge in [-0.3, -0.25) is 4.79 Å². The summed E-state index contributed by atoms with van der Waals surface area (Å²) in [5, 5.41) is 6.45. The van der Waals surface area contributed by atoms with Crippen molar-refractivity contribution < 1.29 is 9.53 Å². The van der Waals surface area contributed by atoms with Gasteiger partial charge in [0.25, 0.3) is 0 Å². The number of benzene rings is 1. The highest BCUT2D eigenvalue weighted by Crippen LogP contribution is 2.14. The lowest BCUT2D eigenvalue weighted by molar-refractivity contribution is -0.120. The molecule has 1 aliphatic heterocycles. The van der Waals surface area contributed by atoms with Crippen LogP contribution in [0.4, 0.5) is 0 Å². The average molecular weight is 355 g/mol. The van der Waals surface area contributed by atoms with E-state index in [4.69, 9.17) is 4.74 Å². The first kappa shape index (κ1) is 20.8. The Labute approximate surface area is 152 Å². The molecular weight excluding hydrogens is 324 g/mol. The number of hydrogen-bond acceptors (Lipinski definition) is 3. The molecule has 1 fully saturated rings. The Hall–Kier alpha value is -1.26. The fourth-order valence-electron chi connectivity index (χ4n) is 2.80. The topological polar surface area (TPSA) is 50.4 Å². The lowest BCUT2D eigenvalue weighted by Crippen LogP contribution is -2.33. The molecule has 2 rings (SSSR count). The Balaban J connectivity index is 0.00000288. The van der Waals surface area contributed by atoms with E-state index in [0.29, 0.717) is 18.3 Å². The minimum absolute atomic E-state index is 0. The monoisotopic (exact) mass is 354 g/mol. The van der Waals surface area contributed by atoms with Gasteiger partial charge in [-0.15, -0.1) is 12.4 Å². The Morgan fingerprint density at radius 3 is 2.71 bits per heavy atom. The third kappa shape index (κ3) is 8.02. The molecule has 136 valence electrons. The predicted molar refractivity (Wildman–Crippen MR) is 101 cm³/mol. The zero-order valence-electron chi connectivity index (χ0n) is 14.8. The van der Waals surface area contributed by atoms with Crippen molar-refractivity contribution >= 4 is 18.3 Å². The zero-order chi connectivity index (χ0) is 16.5. The molecule has 1 atom stereocenters. The number of carbonyl (C=O) groups excluding carboxylic acids is 1. The molecule has 1 aliphatic rings. The van der Waals surface area contributed by atoms with Gasteiger partial charge in [0.15, 0.2) is 0 Å². The number of rotatable bonds is 8. The molecule has 4 nitrogen and oxygen atoms in total. The van der Waals surface area contributed by atoms with E-state index in [2.05, 4.69) is 24.5 Å². The Kier molecular flexibility index (Phi) is 9.80. The first-order valence-corrected chi connectivity index (χ1v) is 8.82. The van der Waals surface area contributed by atoms with Gasteiger partial charge >= 0.3 is 0 Å². The molecule has 0 aliphatic carbocycles. The van der Waals surface area contributed by atoms with E-state index >= 15 is 0 Å². The van der Waals surface area contributed by atoms with Crippen LogP contribution in [0.15, 0.2) is 24.3 Å². The van der Waals surface area contributed by atoms with Gasteiger partial charge in [0.1, 0.15) is 5.75 Å². The number of piperidine rings is 1. The predicted octanol–water partition coefficient (Wildman–Crippen LogP) is 3.19. The van der Waals surface area contributed by atoms with Crippen molar-refractivity contribution in [3.8, 4) is 5.75 Å². The van der Waals surface area contributed by atoms with Gasteiger partial charge in [-0.2, -0.15) is 0 Å². The Morgan fingerprint density at radius 2 is 2.08 bits per heavy atom. The molecule has 0 bridgehead atoms. The van der Waals surface area contributed by atoms with E-state index in [9.17, 15) is 4.79 Å². The third-order valence-corrected chi connectivity index (χ3v) is 4.15. The van der Waals surface area contributed by atoms with Crippen LogP contribution in [0.3, 0.4) is 0 Å². The minimum Gasteiger partial charge on any atom is -0.493 e. The molecule has 24 heavy (non-hydrogen) atoms. The standard InChI is InChI=1S/C19H30N2O2.ClH/c1-15(2)14-23-18-7-5-16(6-8-18)12-19(22)21-11-9-17-4-3-10-20-13-17;/h5-8,15,17,20H,3-4,9-14H2,1-2H3,(H,21,22);1H. The van der Waals surface area contributed by atoms with E-state index in [1.807, 2.05) is 24.3 Å². The highest BCUT2D eigenvalue weighted by Gasteiger charge is 2.12. The second-order valence-corrected chi connectivity index (χ2v) is 6.88. The zero-order valence-corrected chi connectivity index (χ0v) is 15.7. The lowest BCUT2D eigenvalue weighted by atomic mass is 9.96. The maximum atomic E-state index is 12.0. The molecule has 0 saturated carbocycles. The number of hydrogen-bond donors (Lipinski definition) is 2. The first-order chi connectivity index (χ1) is 11.1. The fraction of sp³-hybridized carbons (Fsp3) is 0.632. The van der Waals surface area contributed by atoms with Crippen LogP contribution in [0.5, 0.6) is 5.75 Å². The molecule has 0 aromatic heterocycles. The Morgan fingerprint density at radius 1 is 1.33 bits per heavy atom. The molecule has 1 heterocycles. The summed E-state index contributed by atoms with van der Waals surface area (Å²) in [5.74, 6) is 2.19. The van der Waals surface area contributed by atoms with Crippen LogP contribution in [0, 0.1) is 11.8 Å². The van der Waals surface area contributed by atoms with Crippen molar-refractivity contribution in [2.24, 2.45) is 11.8 Å². The molecule has 0 spiro atoms. The van der Waals surface area contributed by atoms with Crippen LogP contribution in [-0.4, -0.2) is 32.1 Å². The van der Waals surface area contributed by atoms with Crippen LogP contribution in [-0.2, 0) is 11.2 Å². The van der Waals surface area contributed by atoms with Crippen LogP contribution in [0.25, 0.3) is 0 Å². The van der Waals surface area contributed by atoms with Gasteiger partial charge < -0.3 is 15.4 Å². The van der Waals surface area contributed by atoms with Crippen molar-refractivity contribution in [2.45, 2.75) is 39.5 Å². The van der Waals surface area contributed by atoms with Gasteiger partial charge in [-0.05, 0) is 61.9 Å². The number of carbonyl (C=O) groups is 1. The van der Waals surface area contributed by atoms with E-state index in [1.54, 1.807) is 0 Å². The van der Waals surface area contributed by atoms with E-state index in [0.717, 1.165) is 44.0 Å². The lowest BCUT2D eigenvalue weighted by Gasteiger charge is -2.22. The van der Waals surface area contributed by atoms with Gasteiger partial charge in [0, 0.05) is 6.54 Å². The summed E-state index contributed by atoms with van der Waals surface area (Å²) in [7, 11) is 0. The summed E-state index contributed by atoms with van der Waals surface area (Å²) in [5.41, 5.74) is 1.03. The number of amides is 1. The van der Waals surface area contributed by atoms with Crippen molar-refractivity contribution in [1.29, 1.82) is 0 Å². The van der Waals surface area contributed by atoms with Crippen LogP contribution in [0.2, 0.25) is 0 Å². The van der Waals surface area contributed by atoms with Crippen LogP contribution in [0.1, 0.15) is 38.7 Å². The molecule has 5 heteroatoms. The van der Waals surface area contributed by atoms with Gasteiger partial charge in [0.05, 0.1) is 13.0 Å². The summed E-state index contributed by atoms with van der Waals surface area (Å²) < 4.78 is 5.65. The smallest absolute Gasteiger partial charge is 0.224 e. The molecule has 1 aromatic carbocycles. The molecule has 1 amide bonds. The molecule has 1 saturated heterocycles. The van der Waals surface area contributed by atoms with Gasteiger partial charge in [-0.25, -0.2) is 0 Å². The quantitative estimate of drug-likeness (QED) is 0.753. The number of nitrogens with one attached hydrogen (secondary N) is 2. The van der Waals surface area contributed by atoms with Gasteiger partial charge in [-0.1, -0.05) is 26.0 Å². The number of ether oxygens (including phenoxy) is 1. The summed E-state index contributed by atoms with van der Waals surface area (Å²) >= 11 is 0. The molecule has 1 aromatic rings. The van der Waals surface area contributed by atoms with Crippen LogP contribution >= 0.6 is 12.4 Å². The SMILES string of the molecule is CC(C)COc1ccc(CC(=O)NCCC2CCCNC2)cc1.Cl. The summed E-state index contributed by atoms with van der Waals surface area (Å²) in [6.07, 6.45) is 4.04. The highest BCUT2D eigenvalue weighted by molar-refractivity contribution is 5.85. The van der Waals surface area contributed by atoms with E-state index in [-0.39, 0.29) is 18.3 Å². The average Bonchev–Trinajstić information content (AvgIpc) is 2.55. The van der Waals surface area contributed by atoms with Crippen molar-refractivity contribution in [3.05, 3.63) is 29.8 Å². The first-order valence-electron chi connectivity index (χ1n) is 8.82. The maximum Gasteiger partial charge on any atom is 0.224 e. The van der Waals surface area contributed by atoms with Crippen molar-refractivity contribution in [3.63, 3.8) is 0 Å². The van der Waals surface area contributed by atoms with Crippen molar-refractivity contribution in [2.75, 3.05) is 26.2 Å². The molecule has 2 N–H and O–H groups in total. The Bertz CT molecular complexity index is 471. The summed E-state index contributed by atoms with van der Waals surface area (Å²) in [4.78, 5) is 12.0. The summed E-state index contributed by atoms with van der Waals surface area (Å²) in [6, 6.07) is 7.83. The second-order valence-electron chi connectivity index (χ2n) is 6.88. The fourth-order valence-corrected chi connectivity index (χ4v) is 2.80. The summed E-state index contributed by atoms with van der Waals surface area (Å²) in [6.45, 7) is 7.98. The van der Waals surface area contributed by atoms with Gasteiger partial charge in [0.2, 0.25) is 5.91 Å². The largest absolute Gasteiger partial charge is 0.493 e.